The van der Waals surface area contributed by atoms with Crippen molar-refractivity contribution in [3.05, 3.63) is 18.2 Å². The van der Waals surface area contributed by atoms with Crippen molar-refractivity contribution >= 4 is 15.7 Å². The predicted octanol–water partition coefficient (Wildman–Crippen LogP) is 1.12. The number of sulfonamides is 1. The van der Waals surface area contributed by atoms with Crippen LogP contribution in [0.15, 0.2) is 23.1 Å². The van der Waals surface area contributed by atoms with Crippen molar-refractivity contribution in [1.29, 1.82) is 0 Å². The molecule has 0 unspecified atom stereocenters. The average molecular weight is 300 g/mol. The monoisotopic (exact) mass is 300 g/mol. The Kier molecular flexibility index (Phi) is 4.52. The molecule has 3 N–H and O–H groups in total. The summed E-state index contributed by atoms with van der Waals surface area (Å²) >= 11 is 0. The molecule has 1 aromatic carbocycles. The van der Waals surface area contributed by atoms with Gasteiger partial charge in [0.1, 0.15) is 10.6 Å². The molecule has 1 aliphatic rings. The van der Waals surface area contributed by atoms with Gasteiger partial charge in [0.25, 0.3) is 0 Å². The molecular weight excluding hydrogens is 280 g/mol. The minimum atomic E-state index is -3.64. The Balaban J connectivity index is 2.18. The Morgan fingerprint density at radius 3 is 2.70 bits per heavy atom. The summed E-state index contributed by atoms with van der Waals surface area (Å²) in [6, 6.07) is 4.51. The van der Waals surface area contributed by atoms with E-state index < -0.39 is 10.0 Å². The summed E-state index contributed by atoms with van der Waals surface area (Å²) in [5.41, 5.74) is 6.06. The van der Waals surface area contributed by atoms with Gasteiger partial charge in [-0.1, -0.05) is 0 Å². The number of hydrogen-bond acceptors (Lipinski definition) is 5. The van der Waals surface area contributed by atoms with Crippen molar-refractivity contribution < 1.29 is 17.9 Å². The molecule has 1 saturated carbocycles. The first-order chi connectivity index (χ1) is 9.46. The Morgan fingerprint density at radius 2 is 2.10 bits per heavy atom. The summed E-state index contributed by atoms with van der Waals surface area (Å²) in [7, 11) is -2.01. The molecule has 1 aliphatic carbocycles. The van der Waals surface area contributed by atoms with Crippen LogP contribution < -0.4 is 15.2 Å². The summed E-state index contributed by atoms with van der Waals surface area (Å²) in [5, 5.41) is 0. The number of nitrogens with one attached hydrogen (secondary N) is 1. The van der Waals surface area contributed by atoms with E-state index in [4.69, 9.17) is 15.2 Å². The summed E-state index contributed by atoms with van der Waals surface area (Å²) in [6.45, 7) is 2.19. The van der Waals surface area contributed by atoms with Gasteiger partial charge < -0.3 is 15.2 Å². The second-order valence-corrected chi connectivity index (χ2v) is 6.47. The normalized spacial score (nSPS) is 22.3. The minimum Gasteiger partial charge on any atom is -0.492 e. The summed E-state index contributed by atoms with van der Waals surface area (Å²) < 4.78 is 37.9. The Labute approximate surface area is 119 Å². The number of hydrogen-bond donors (Lipinski definition) is 2. The fourth-order valence-corrected chi connectivity index (χ4v) is 3.59. The molecule has 1 aromatic rings. The Bertz CT molecular complexity index is 568. The lowest BCUT2D eigenvalue weighted by molar-refractivity contribution is 0.0236. The third-order valence-electron chi connectivity index (χ3n) is 3.31. The highest BCUT2D eigenvalue weighted by Gasteiger charge is 2.33. The molecule has 6 nitrogen and oxygen atoms in total. The third kappa shape index (κ3) is 3.23. The molecule has 112 valence electrons. The van der Waals surface area contributed by atoms with Crippen LogP contribution in [0.4, 0.5) is 5.69 Å². The van der Waals surface area contributed by atoms with E-state index in [1.807, 2.05) is 0 Å². The molecule has 0 spiro atoms. The number of benzene rings is 1. The van der Waals surface area contributed by atoms with Crippen LogP contribution in [0.1, 0.15) is 19.8 Å². The van der Waals surface area contributed by atoms with Gasteiger partial charge in [0.05, 0.1) is 12.7 Å². The zero-order valence-corrected chi connectivity index (χ0v) is 12.4. The second kappa shape index (κ2) is 5.99. The van der Waals surface area contributed by atoms with E-state index in [2.05, 4.69) is 4.72 Å². The van der Waals surface area contributed by atoms with Crippen molar-refractivity contribution in [2.24, 2.45) is 0 Å². The molecule has 7 heteroatoms. The zero-order chi connectivity index (χ0) is 14.8. The quantitative estimate of drug-likeness (QED) is 0.768. The predicted molar refractivity (Wildman–Crippen MR) is 76.2 cm³/mol. The van der Waals surface area contributed by atoms with Gasteiger partial charge in [0, 0.05) is 18.8 Å². The molecule has 0 atom stereocenters. The minimum absolute atomic E-state index is 0.0835. The van der Waals surface area contributed by atoms with Crippen molar-refractivity contribution in [1.82, 2.24) is 4.72 Å². The zero-order valence-electron chi connectivity index (χ0n) is 11.6. The van der Waals surface area contributed by atoms with Gasteiger partial charge >= 0.3 is 0 Å². The molecule has 0 radical (unpaired) electrons. The molecule has 2 rings (SSSR count). The summed E-state index contributed by atoms with van der Waals surface area (Å²) in [5.74, 6) is 0.316. The van der Waals surface area contributed by atoms with Gasteiger partial charge in [-0.2, -0.15) is 0 Å². The lowest BCUT2D eigenvalue weighted by atomic mass is 9.90. The lowest BCUT2D eigenvalue weighted by Crippen LogP contribution is -2.47. The molecular formula is C13H20N2O4S. The largest absolute Gasteiger partial charge is 0.492 e. The molecule has 0 aliphatic heterocycles. The maximum absolute atomic E-state index is 12.4. The Morgan fingerprint density at radius 1 is 1.40 bits per heavy atom. The van der Waals surface area contributed by atoms with Gasteiger partial charge in [0.15, 0.2) is 0 Å². The lowest BCUT2D eigenvalue weighted by Gasteiger charge is -2.34. The van der Waals surface area contributed by atoms with Crippen LogP contribution in [0.3, 0.4) is 0 Å². The first kappa shape index (κ1) is 15.1. The smallest absolute Gasteiger partial charge is 0.244 e. The maximum Gasteiger partial charge on any atom is 0.244 e. The molecule has 0 heterocycles. The molecule has 0 bridgehead atoms. The molecule has 20 heavy (non-hydrogen) atoms. The number of anilines is 1. The highest BCUT2D eigenvalue weighted by atomic mass is 32.2. The standard InChI is InChI=1S/C13H20N2O4S/c1-3-19-12-5-4-9(14)6-13(12)20(16,17)15-10-7-11(8-10)18-2/h4-6,10-11,15H,3,7-8,14H2,1-2H3. The SMILES string of the molecule is CCOc1ccc(N)cc1S(=O)(=O)NC1CC(OC)C1. The molecule has 0 amide bonds. The number of nitrogen functional groups attached to an aromatic ring is 1. The van der Waals surface area contributed by atoms with E-state index in [-0.39, 0.29) is 17.0 Å². The maximum atomic E-state index is 12.4. The van der Waals surface area contributed by atoms with Crippen LogP contribution in [0, 0.1) is 0 Å². The first-order valence-corrected chi connectivity index (χ1v) is 8.02. The van der Waals surface area contributed by atoms with Crippen LogP contribution in [-0.4, -0.2) is 34.3 Å². The van der Waals surface area contributed by atoms with Gasteiger partial charge in [-0.25, -0.2) is 13.1 Å². The number of methoxy groups -OCH3 is 1. The van der Waals surface area contributed by atoms with E-state index in [1.54, 1.807) is 26.2 Å². The number of nitrogens with two attached hydrogens (primary N) is 1. The number of rotatable bonds is 6. The fraction of sp³-hybridized carbons (Fsp3) is 0.538. The molecule has 0 saturated heterocycles. The first-order valence-electron chi connectivity index (χ1n) is 6.53. The highest BCUT2D eigenvalue weighted by molar-refractivity contribution is 7.89. The van der Waals surface area contributed by atoms with E-state index >= 15 is 0 Å². The van der Waals surface area contributed by atoms with Crippen LogP contribution in [0.2, 0.25) is 0 Å². The van der Waals surface area contributed by atoms with Crippen LogP contribution in [-0.2, 0) is 14.8 Å². The van der Waals surface area contributed by atoms with Crippen molar-refractivity contribution in [3.63, 3.8) is 0 Å². The van der Waals surface area contributed by atoms with E-state index in [0.717, 1.165) is 0 Å². The van der Waals surface area contributed by atoms with Crippen LogP contribution in [0.5, 0.6) is 5.75 Å². The summed E-state index contributed by atoms with van der Waals surface area (Å²) in [6.07, 6.45) is 1.50. The van der Waals surface area contributed by atoms with E-state index in [9.17, 15) is 8.42 Å². The second-order valence-electron chi connectivity index (χ2n) is 4.79. The fourth-order valence-electron chi connectivity index (χ4n) is 2.15. The molecule has 0 aromatic heterocycles. The highest BCUT2D eigenvalue weighted by Crippen LogP contribution is 2.29. The van der Waals surface area contributed by atoms with Gasteiger partial charge in [-0.05, 0) is 38.0 Å². The van der Waals surface area contributed by atoms with E-state index in [1.165, 1.54) is 6.07 Å². The average Bonchev–Trinajstić information content (AvgIpc) is 2.35. The molecule has 1 fully saturated rings. The van der Waals surface area contributed by atoms with Crippen molar-refractivity contribution in [3.8, 4) is 5.75 Å². The van der Waals surface area contributed by atoms with Gasteiger partial charge in [0.2, 0.25) is 10.0 Å². The third-order valence-corrected chi connectivity index (χ3v) is 4.85. The van der Waals surface area contributed by atoms with Gasteiger partial charge in [-0.15, -0.1) is 0 Å². The van der Waals surface area contributed by atoms with Gasteiger partial charge in [-0.3, -0.25) is 0 Å². The van der Waals surface area contributed by atoms with Crippen LogP contribution in [0.25, 0.3) is 0 Å². The van der Waals surface area contributed by atoms with Crippen LogP contribution >= 0.6 is 0 Å². The van der Waals surface area contributed by atoms with Crippen molar-refractivity contribution in [2.45, 2.75) is 36.8 Å². The van der Waals surface area contributed by atoms with E-state index in [0.29, 0.717) is 30.9 Å². The van der Waals surface area contributed by atoms with Crippen molar-refractivity contribution in [2.75, 3.05) is 19.5 Å². The topological polar surface area (TPSA) is 90.7 Å². The number of ether oxygens (including phenoxy) is 2. The summed E-state index contributed by atoms with van der Waals surface area (Å²) in [4.78, 5) is 0.0835. The Hall–Kier alpha value is -1.31.